The zero-order valence-corrected chi connectivity index (χ0v) is 17.1. The number of ether oxygens (including phenoxy) is 1. The lowest BCUT2D eigenvalue weighted by atomic mass is 9.89. The average Bonchev–Trinajstić information content (AvgIpc) is 3.31. The number of carbonyl (C=O) groups excluding carboxylic acids is 1. The first kappa shape index (κ1) is 20.0. The molecule has 0 saturated carbocycles. The zero-order valence-electron chi connectivity index (χ0n) is 16.4. The van der Waals surface area contributed by atoms with Crippen molar-refractivity contribution >= 4 is 29.1 Å². The highest BCUT2D eigenvalue weighted by Gasteiger charge is 2.33. The first-order chi connectivity index (χ1) is 14.6. The zero-order chi connectivity index (χ0) is 20.9. The van der Waals surface area contributed by atoms with Gasteiger partial charge in [-0.05, 0) is 42.8 Å². The van der Waals surface area contributed by atoms with E-state index < -0.39 is 0 Å². The van der Waals surface area contributed by atoms with Gasteiger partial charge in [-0.25, -0.2) is 4.79 Å². The molecule has 2 aromatic heterocycles. The number of pyridine rings is 1. The van der Waals surface area contributed by atoms with E-state index in [0.29, 0.717) is 23.0 Å². The van der Waals surface area contributed by atoms with E-state index in [2.05, 4.69) is 35.9 Å². The molecule has 2 atom stereocenters. The van der Waals surface area contributed by atoms with Crippen LogP contribution in [-0.2, 0) is 0 Å². The molecule has 2 amide bonds. The number of aromatic amines is 1. The van der Waals surface area contributed by atoms with E-state index in [4.69, 9.17) is 16.3 Å². The first-order valence-electron chi connectivity index (χ1n) is 9.56. The minimum absolute atomic E-state index is 0.0303. The molecule has 2 unspecified atom stereocenters. The molecule has 1 aliphatic rings. The Labute approximate surface area is 178 Å². The molecule has 0 bridgehead atoms. The molecule has 0 aliphatic carbocycles. The number of urea groups is 1. The molecule has 10 heteroatoms. The van der Waals surface area contributed by atoms with Gasteiger partial charge in [-0.1, -0.05) is 11.6 Å². The summed E-state index contributed by atoms with van der Waals surface area (Å²) in [7, 11) is 1.61. The van der Waals surface area contributed by atoms with Crippen LogP contribution in [-0.4, -0.2) is 52.7 Å². The van der Waals surface area contributed by atoms with E-state index in [1.54, 1.807) is 43.8 Å². The number of H-pyrrole nitrogens is 1. The van der Waals surface area contributed by atoms with Gasteiger partial charge < -0.3 is 20.3 Å². The highest BCUT2D eigenvalue weighted by Crippen LogP contribution is 2.29. The lowest BCUT2D eigenvalue weighted by Crippen LogP contribution is -2.51. The number of anilines is 2. The Balaban J connectivity index is 1.50. The number of aromatic nitrogens is 4. The quantitative estimate of drug-likeness (QED) is 0.577. The largest absolute Gasteiger partial charge is 0.495 e. The maximum atomic E-state index is 12.6. The van der Waals surface area contributed by atoms with Crippen LogP contribution in [0, 0.1) is 0 Å². The number of nitrogens with one attached hydrogen (secondary N) is 3. The highest BCUT2D eigenvalue weighted by molar-refractivity contribution is 6.30. The number of hydrogen-bond acceptors (Lipinski definition) is 6. The monoisotopic (exact) mass is 427 g/mol. The molecular weight excluding hydrogens is 406 g/mol. The van der Waals surface area contributed by atoms with Gasteiger partial charge >= 0.3 is 6.03 Å². The lowest BCUT2D eigenvalue weighted by Gasteiger charge is -2.38. The Morgan fingerprint density at radius 3 is 2.73 bits per heavy atom. The van der Waals surface area contributed by atoms with Gasteiger partial charge in [0, 0.05) is 41.5 Å². The number of benzene rings is 1. The molecular formula is C20H22ClN7O2. The standard InChI is InChI=1S/C20H22ClN7O2/c1-30-15-6-7-17(22-10-15)16-12-28(19-11-23-27-26-19)9-8-18(16)25-20(29)24-14-4-2-13(21)3-5-14/h2-7,10-11,16,18H,8-9,12H2,1H3,(H,23,26,27)(H2,24,25,29). The Morgan fingerprint density at radius 2 is 2.07 bits per heavy atom. The lowest BCUT2D eigenvalue weighted by molar-refractivity contribution is 0.243. The Bertz CT molecular complexity index is 964. The van der Waals surface area contributed by atoms with Crippen molar-refractivity contribution in [2.45, 2.75) is 18.4 Å². The minimum atomic E-state index is -0.268. The maximum Gasteiger partial charge on any atom is 0.319 e. The molecule has 0 radical (unpaired) electrons. The maximum absolute atomic E-state index is 12.6. The van der Waals surface area contributed by atoms with Crippen molar-refractivity contribution < 1.29 is 9.53 Å². The van der Waals surface area contributed by atoms with Crippen LogP contribution in [0.2, 0.25) is 5.02 Å². The summed E-state index contributed by atoms with van der Waals surface area (Å²) in [6, 6.07) is 10.4. The van der Waals surface area contributed by atoms with Crippen LogP contribution in [0.5, 0.6) is 5.75 Å². The summed E-state index contributed by atoms with van der Waals surface area (Å²) in [6.45, 7) is 1.39. The normalized spacial score (nSPS) is 18.7. The smallest absolute Gasteiger partial charge is 0.319 e. The highest BCUT2D eigenvalue weighted by atomic mass is 35.5. The molecule has 156 valence electrons. The van der Waals surface area contributed by atoms with E-state index in [0.717, 1.165) is 24.5 Å². The SMILES string of the molecule is COc1ccc(C2CN(c3cn[nH]n3)CCC2NC(=O)Nc2ccc(Cl)cc2)nc1. The van der Waals surface area contributed by atoms with Gasteiger partial charge in [-0.2, -0.15) is 10.3 Å². The number of carbonyl (C=O) groups is 1. The second-order valence-corrected chi connectivity index (χ2v) is 7.44. The van der Waals surface area contributed by atoms with Crippen molar-refractivity contribution in [1.29, 1.82) is 0 Å². The minimum Gasteiger partial charge on any atom is -0.495 e. The van der Waals surface area contributed by atoms with Crippen molar-refractivity contribution in [3.05, 3.63) is 59.5 Å². The summed E-state index contributed by atoms with van der Waals surface area (Å²) in [4.78, 5) is 19.3. The number of hydrogen-bond donors (Lipinski definition) is 3. The molecule has 1 aliphatic heterocycles. The third-order valence-electron chi connectivity index (χ3n) is 5.13. The predicted molar refractivity (Wildman–Crippen MR) is 114 cm³/mol. The van der Waals surface area contributed by atoms with Crippen LogP contribution in [0.1, 0.15) is 18.0 Å². The molecule has 30 heavy (non-hydrogen) atoms. The molecule has 3 heterocycles. The Morgan fingerprint density at radius 1 is 1.23 bits per heavy atom. The van der Waals surface area contributed by atoms with Crippen LogP contribution in [0.25, 0.3) is 0 Å². The van der Waals surface area contributed by atoms with Crippen LogP contribution < -0.4 is 20.3 Å². The average molecular weight is 428 g/mol. The molecule has 3 N–H and O–H groups in total. The Hall–Kier alpha value is -3.33. The van der Waals surface area contributed by atoms with Crippen LogP contribution in [0.4, 0.5) is 16.3 Å². The number of piperidine rings is 1. The summed E-state index contributed by atoms with van der Waals surface area (Å²) in [5, 5.41) is 17.3. The first-order valence-corrected chi connectivity index (χ1v) is 9.94. The van der Waals surface area contributed by atoms with Crippen molar-refractivity contribution in [1.82, 2.24) is 25.7 Å². The third-order valence-corrected chi connectivity index (χ3v) is 5.38. The molecule has 1 aromatic carbocycles. The molecule has 3 aromatic rings. The van der Waals surface area contributed by atoms with Gasteiger partial charge in [0.1, 0.15) is 5.75 Å². The van der Waals surface area contributed by atoms with Crippen molar-refractivity contribution in [2.75, 3.05) is 30.4 Å². The van der Waals surface area contributed by atoms with Crippen molar-refractivity contribution in [3.8, 4) is 5.75 Å². The van der Waals surface area contributed by atoms with Gasteiger partial charge in [-0.15, -0.1) is 5.10 Å². The summed E-state index contributed by atoms with van der Waals surface area (Å²) in [6.07, 6.45) is 4.12. The molecule has 1 fully saturated rings. The van der Waals surface area contributed by atoms with Crippen LogP contribution in [0.15, 0.2) is 48.8 Å². The Kier molecular flexibility index (Phi) is 5.99. The van der Waals surface area contributed by atoms with Crippen molar-refractivity contribution in [3.63, 3.8) is 0 Å². The van der Waals surface area contributed by atoms with E-state index in [1.807, 2.05) is 12.1 Å². The van der Waals surface area contributed by atoms with E-state index in [9.17, 15) is 4.79 Å². The topological polar surface area (TPSA) is 108 Å². The van der Waals surface area contributed by atoms with E-state index in [-0.39, 0.29) is 18.0 Å². The van der Waals surface area contributed by atoms with E-state index in [1.165, 1.54) is 0 Å². The summed E-state index contributed by atoms with van der Waals surface area (Å²) in [5.74, 6) is 1.43. The molecule has 0 spiro atoms. The second-order valence-electron chi connectivity index (χ2n) is 7.00. The van der Waals surface area contributed by atoms with Gasteiger partial charge in [0.2, 0.25) is 0 Å². The summed E-state index contributed by atoms with van der Waals surface area (Å²) < 4.78 is 5.22. The number of methoxy groups -OCH3 is 1. The second kappa shape index (κ2) is 9.00. The predicted octanol–water partition coefficient (Wildman–Crippen LogP) is 3.05. The number of amides is 2. The van der Waals surface area contributed by atoms with Crippen LogP contribution >= 0.6 is 11.6 Å². The van der Waals surface area contributed by atoms with Gasteiger partial charge in [0.05, 0.1) is 19.5 Å². The number of nitrogens with zero attached hydrogens (tertiary/aromatic N) is 4. The summed E-state index contributed by atoms with van der Waals surface area (Å²) >= 11 is 5.91. The fourth-order valence-corrected chi connectivity index (χ4v) is 3.71. The van der Waals surface area contributed by atoms with Gasteiger partial charge in [0.15, 0.2) is 5.82 Å². The van der Waals surface area contributed by atoms with Gasteiger partial charge in [0.25, 0.3) is 0 Å². The van der Waals surface area contributed by atoms with Crippen molar-refractivity contribution in [2.24, 2.45) is 0 Å². The molecule has 1 saturated heterocycles. The van der Waals surface area contributed by atoms with E-state index >= 15 is 0 Å². The third kappa shape index (κ3) is 4.62. The van der Waals surface area contributed by atoms with Gasteiger partial charge in [-0.3, -0.25) is 4.98 Å². The van der Waals surface area contributed by atoms with Crippen LogP contribution in [0.3, 0.4) is 0 Å². The molecule has 9 nitrogen and oxygen atoms in total. The fraction of sp³-hybridized carbons (Fsp3) is 0.300. The summed E-state index contributed by atoms with van der Waals surface area (Å²) in [5.41, 5.74) is 1.55. The number of halogens is 1. The number of rotatable bonds is 5. The molecule has 4 rings (SSSR count). The fourth-order valence-electron chi connectivity index (χ4n) is 3.58.